The molecule has 0 saturated heterocycles. The van der Waals surface area contributed by atoms with Crippen molar-refractivity contribution in [3.8, 4) is 22.0 Å². The molecular weight excluding hydrogens is 354 g/mol. The van der Waals surface area contributed by atoms with E-state index in [1.165, 1.54) is 6.26 Å². The number of fused-ring (bicyclic) bond motifs is 1. The van der Waals surface area contributed by atoms with Gasteiger partial charge in [-0.15, -0.1) is 11.3 Å². The third-order valence-electron chi connectivity index (χ3n) is 3.73. The Labute approximate surface area is 149 Å². The second-order valence-corrected chi connectivity index (χ2v) is 8.62. The van der Waals surface area contributed by atoms with Crippen LogP contribution in [0.5, 0.6) is 0 Å². The molecule has 0 radical (unpaired) electrons. The maximum Gasteiger partial charge on any atom is 0.175 e. The van der Waals surface area contributed by atoms with Crippen molar-refractivity contribution < 1.29 is 8.42 Å². The number of para-hydroxylation sites is 1. The van der Waals surface area contributed by atoms with E-state index in [9.17, 15) is 8.42 Å². The molecule has 0 aliphatic heterocycles. The summed E-state index contributed by atoms with van der Waals surface area (Å²) in [5, 5.41) is 0.809. The molecule has 0 N–H and O–H groups in total. The van der Waals surface area contributed by atoms with Crippen LogP contribution in [-0.2, 0) is 9.84 Å². The minimum Gasteiger partial charge on any atom is -0.260 e. The van der Waals surface area contributed by atoms with E-state index in [2.05, 4.69) is 15.0 Å². The summed E-state index contributed by atoms with van der Waals surface area (Å²) in [5.41, 5.74) is 3.12. The molecule has 0 saturated carbocycles. The van der Waals surface area contributed by atoms with E-state index in [-0.39, 0.29) is 4.90 Å². The predicted molar refractivity (Wildman–Crippen MR) is 99.2 cm³/mol. The lowest BCUT2D eigenvalue weighted by Crippen LogP contribution is -1.96. The quantitative estimate of drug-likeness (QED) is 0.550. The van der Waals surface area contributed by atoms with Crippen LogP contribution in [-0.4, -0.2) is 29.6 Å². The molecule has 0 bridgehead atoms. The number of thiazole rings is 1. The highest BCUT2D eigenvalue weighted by Gasteiger charge is 2.11. The van der Waals surface area contributed by atoms with Gasteiger partial charge in [0.05, 0.1) is 33.2 Å². The van der Waals surface area contributed by atoms with E-state index in [0.29, 0.717) is 11.4 Å². The Morgan fingerprint density at radius 2 is 1.60 bits per heavy atom. The fraction of sp³-hybridized carbons (Fsp3) is 0.0556. The van der Waals surface area contributed by atoms with Gasteiger partial charge in [0.1, 0.15) is 10.7 Å². The van der Waals surface area contributed by atoms with Gasteiger partial charge in [-0.2, -0.15) is 0 Å². The van der Waals surface area contributed by atoms with Crippen LogP contribution in [0, 0.1) is 0 Å². The summed E-state index contributed by atoms with van der Waals surface area (Å²) in [6, 6.07) is 14.6. The van der Waals surface area contributed by atoms with Crippen LogP contribution in [0.1, 0.15) is 0 Å². The molecule has 2 heterocycles. The molecule has 0 aliphatic carbocycles. The summed E-state index contributed by atoms with van der Waals surface area (Å²) >= 11 is 1.57. The van der Waals surface area contributed by atoms with Crippen molar-refractivity contribution in [2.75, 3.05) is 6.26 Å². The first-order chi connectivity index (χ1) is 12.0. The fourth-order valence-corrected chi connectivity index (χ4v) is 4.01. The Bertz CT molecular complexity index is 1130. The topological polar surface area (TPSA) is 72.8 Å². The highest BCUT2D eigenvalue weighted by Crippen LogP contribution is 2.29. The van der Waals surface area contributed by atoms with Gasteiger partial charge in [-0.25, -0.2) is 18.4 Å². The molecule has 2 aromatic heterocycles. The van der Waals surface area contributed by atoms with E-state index < -0.39 is 9.84 Å². The SMILES string of the molecule is CS(=O)(=O)c1ccc(-c2cncc(-c3nc4ccccc4s3)n2)cc1. The molecule has 4 rings (SSSR count). The third-order valence-corrected chi connectivity index (χ3v) is 5.91. The normalized spacial score (nSPS) is 11.7. The number of nitrogens with zero attached hydrogens (tertiary/aromatic N) is 3. The van der Waals surface area contributed by atoms with E-state index in [1.807, 2.05) is 24.3 Å². The number of hydrogen-bond acceptors (Lipinski definition) is 6. The molecule has 0 unspecified atom stereocenters. The van der Waals surface area contributed by atoms with Crippen molar-refractivity contribution >= 4 is 31.4 Å². The summed E-state index contributed by atoms with van der Waals surface area (Å²) < 4.78 is 24.2. The van der Waals surface area contributed by atoms with Gasteiger partial charge in [0.25, 0.3) is 0 Å². The molecule has 0 fully saturated rings. The van der Waals surface area contributed by atoms with Gasteiger partial charge in [0.2, 0.25) is 0 Å². The van der Waals surface area contributed by atoms with Crippen LogP contribution in [0.4, 0.5) is 0 Å². The van der Waals surface area contributed by atoms with Crippen molar-refractivity contribution in [3.05, 3.63) is 60.9 Å². The van der Waals surface area contributed by atoms with E-state index in [0.717, 1.165) is 20.8 Å². The molecule has 25 heavy (non-hydrogen) atoms. The summed E-state index contributed by atoms with van der Waals surface area (Å²) in [4.78, 5) is 13.8. The molecule has 0 amide bonds. The number of hydrogen-bond donors (Lipinski definition) is 0. The summed E-state index contributed by atoms with van der Waals surface area (Å²) in [6.45, 7) is 0. The standard InChI is InChI=1S/C18H13N3O2S2/c1-25(22,23)13-8-6-12(7-9-13)15-10-19-11-16(20-15)18-21-14-4-2-3-5-17(14)24-18/h2-11H,1H3. The first-order valence-corrected chi connectivity index (χ1v) is 10.2. The van der Waals surface area contributed by atoms with Gasteiger partial charge < -0.3 is 0 Å². The minimum atomic E-state index is -3.21. The zero-order chi connectivity index (χ0) is 17.4. The molecule has 7 heteroatoms. The predicted octanol–water partition coefficient (Wildman–Crippen LogP) is 3.82. The van der Waals surface area contributed by atoms with E-state index >= 15 is 0 Å². The van der Waals surface area contributed by atoms with Crippen molar-refractivity contribution in [1.29, 1.82) is 0 Å². The van der Waals surface area contributed by atoms with Crippen LogP contribution >= 0.6 is 11.3 Å². The maximum atomic E-state index is 11.6. The largest absolute Gasteiger partial charge is 0.260 e. The number of rotatable bonds is 3. The van der Waals surface area contributed by atoms with Crippen molar-refractivity contribution in [2.24, 2.45) is 0 Å². The Kier molecular flexibility index (Phi) is 3.82. The van der Waals surface area contributed by atoms with Gasteiger partial charge >= 0.3 is 0 Å². The Morgan fingerprint density at radius 1 is 0.880 bits per heavy atom. The Hall–Kier alpha value is -2.64. The smallest absolute Gasteiger partial charge is 0.175 e. The second kappa shape index (κ2) is 6.02. The second-order valence-electron chi connectivity index (χ2n) is 5.57. The van der Waals surface area contributed by atoms with E-state index in [1.54, 1.807) is 48.0 Å². The minimum absolute atomic E-state index is 0.284. The summed E-state index contributed by atoms with van der Waals surface area (Å²) in [6.07, 6.45) is 4.54. The molecule has 4 aromatic rings. The molecule has 5 nitrogen and oxygen atoms in total. The van der Waals surface area contributed by atoms with E-state index in [4.69, 9.17) is 0 Å². The molecule has 124 valence electrons. The Morgan fingerprint density at radius 3 is 2.32 bits per heavy atom. The summed E-state index contributed by atoms with van der Waals surface area (Å²) in [5.74, 6) is 0. The lowest BCUT2D eigenvalue weighted by atomic mass is 10.1. The van der Waals surface area contributed by atoms with Gasteiger partial charge in [-0.05, 0) is 24.3 Å². The van der Waals surface area contributed by atoms with Gasteiger partial charge in [0.15, 0.2) is 9.84 Å². The van der Waals surface area contributed by atoms with Crippen molar-refractivity contribution in [1.82, 2.24) is 15.0 Å². The summed E-state index contributed by atoms with van der Waals surface area (Å²) in [7, 11) is -3.21. The van der Waals surface area contributed by atoms with Crippen molar-refractivity contribution in [2.45, 2.75) is 4.90 Å². The average molecular weight is 367 g/mol. The zero-order valence-corrected chi connectivity index (χ0v) is 14.9. The average Bonchev–Trinajstić information content (AvgIpc) is 3.05. The van der Waals surface area contributed by atoms with Gasteiger partial charge in [-0.3, -0.25) is 4.98 Å². The zero-order valence-electron chi connectivity index (χ0n) is 13.2. The van der Waals surface area contributed by atoms with Crippen LogP contribution in [0.25, 0.3) is 32.2 Å². The first-order valence-electron chi connectivity index (χ1n) is 7.49. The molecule has 0 aliphatic rings. The molecule has 0 atom stereocenters. The van der Waals surface area contributed by atoms with Crippen molar-refractivity contribution in [3.63, 3.8) is 0 Å². The highest BCUT2D eigenvalue weighted by molar-refractivity contribution is 7.90. The maximum absolute atomic E-state index is 11.6. The lowest BCUT2D eigenvalue weighted by Gasteiger charge is -2.04. The lowest BCUT2D eigenvalue weighted by molar-refractivity contribution is 0.602. The van der Waals surface area contributed by atoms with Gasteiger partial charge in [-0.1, -0.05) is 24.3 Å². The van der Waals surface area contributed by atoms with Crippen LogP contribution in [0.3, 0.4) is 0 Å². The molecular formula is C18H13N3O2S2. The first kappa shape index (κ1) is 15.9. The molecule has 2 aromatic carbocycles. The van der Waals surface area contributed by atoms with Crippen LogP contribution in [0.2, 0.25) is 0 Å². The molecule has 0 spiro atoms. The number of aromatic nitrogens is 3. The number of sulfone groups is 1. The van der Waals surface area contributed by atoms with Crippen LogP contribution < -0.4 is 0 Å². The highest BCUT2D eigenvalue weighted by atomic mass is 32.2. The fourth-order valence-electron chi connectivity index (χ4n) is 2.46. The monoisotopic (exact) mass is 367 g/mol. The van der Waals surface area contributed by atoms with Gasteiger partial charge in [0, 0.05) is 11.8 Å². The number of benzene rings is 2. The Balaban J connectivity index is 1.74. The van der Waals surface area contributed by atoms with Crippen LogP contribution in [0.15, 0.2) is 65.8 Å². The third kappa shape index (κ3) is 3.16.